The third-order valence-corrected chi connectivity index (χ3v) is 6.54. The summed E-state index contributed by atoms with van der Waals surface area (Å²) in [6, 6.07) is 15.2. The van der Waals surface area contributed by atoms with E-state index in [2.05, 4.69) is 38.1 Å². The van der Waals surface area contributed by atoms with Gasteiger partial charge < -0.3 is 24.6 Å². The SMILES string of the molecule is COc1ccc(C=CC(=O)Nc2ccc3nc(N4CCN(c5ncccn5)CC4)cc(C)c3c2)cc1OC. The van der Waals surface area contributed by atoms with E-state index in [1.807, 2.05) is 36.4 Å². The zero-order chi connectivity index (χ0) is 26.5. The number of amides is 1. The molecule has 38 heavy (non-hydrogen) atoms. The Balaban J connectivity index is 1.25. The fraction of sp³-hybridized carbons (Fsp3) is 0.241. The minimum Gasteiger partial charge on any atom is -0.493 e. The van der Waals surface area contributed by atoms with Crippen molar-refractivity contribution in [2.75, 3.05) is 55.5 Å². The smallest absolute Gasteiger partial charge is 0.248 e. The Morgan fingerprint density at radius 1 is 0.921 bits per heavy atom. The molecule has 9 heteroatoms. The molecular weight excluding hydrogens is 480 g/mol. The lowest BCUT2D eigenvalue weighted by Gasteiger charge is -2.35. The molecule has 1 fully saturated rings. The molecule has 0 aliphatic carbocycles. The number of anilines is 3. The summed E-state index contributed by atoms with van der Waals surface area (Å²) in [6.45, 7) is 5.44. The van der Waals surface area contributed by atoms with E-state index in [0.717, 1.165) is 60.0 Å². The number of aryl methyl sites for hydroxylation is 1. The molecule has 0 saturated carbocycles. The average molecular weight is 511 g/mol. The molecule has 0 atom stereocenters. The van der Waals surface area contributed by atoms with E-state index in [4.69, 9.17) is 14.5 Å². The molecule has 1 aliphatic rings. The van der Waals surface area contributed by atoms with Gasteiger partial charge in [0.1, 0.15) is 5.82 Å². The van der Waals surface area contributed by atoms with Crippen LogP contribution in [0.3, 0.4) is 0 Å². The van der Waals surface area contributed by atoms with Gasteiger partial charge in [-0.15, -0.1) is 0 Å². The third-order valence-electron chi connectivity index (χ3n) is 6.54. The molecule has 2 aromatic carbocycles. The lowest BCUT2D eigenvalue weighted by atomic mass is 10.1. The van der Waals surface area contributed by atoms with Crippen molar-refractivity contribution in [2.24, 2.45) is 0 Å². The molecule has 5 rings (SSSR count). The molecule has 1 saturated heterocycles. The molecule has 0 bridgehead atoms. The van der Waals surface area contributed by atoms with Crippen LogP contribution in [0, 0.1) is 6.92 Å². The maximum absolute atomic E-state index is 12.6. The summed E-state index contributed by atoms with van der Waals surface area (Å²) in [5.74, 6) is 2.75. The first kappa shape index (κ1) is 25.0. The van der Waals surface area contributed by atoms with Crippen LogP contribution < -0.4 is 24.6 Å². The van der Waals surface area contributed by atoms with Crippen LogP contribution >= 0.6 is 0 Å². The van der Waals surface area contributed by atoms with Crippen LogP contribution in [-0.2, 0) is 4.79 Å². The summed E-state index contributed by atoms with van der Waals surface area (Å²) in [5, 5.41) is 3.95. The molecular formula is C29H30N6O3. The van der Waals surface area contributed by atoms with E-state index in [9.17, 15) is 4.79 Å². The molecule has 0 radical (unpaired) electrons. The average Bonchev–Trinajstić information content (AvgIpc) is 2.96. The van der Waals surface area contributed by atoms with Crippen LogP contribution in [-0.4, -0.2) is 61.3 Å². The fourth-order valence-corrected chi connectivity index (χ4v) is 4.52. The van der Waals surface area contributed by atoms with Crippen LogP contribution in [0.4, 0.5) is 17.5 Å². The predicted molar refractivity (Wildman–Crippen MR) is 150 cm³/mol. The Morgan fingerprint density at radius 2 is 1.66 bits per heavy atom. The van der Waals surface area contributed by atoms with E-state index < -0.39 is 0 Å². The quantitative estimate of drug-likeness (QED) is 0.368. The normalized spacial score (nSPS) is 13.7. The Labute approximate surface area is 221 Å². The molecule has 2 aromatic heterocycles. The Bertz CT molecular complexity index is 1470. The summed E-state index contributed by atoms with van der Waals surface area (Å²) in [6.07, 6.45) is 6.78. The van der Waals surface area contributed by atoms with Crippen molar-refractivity contribution in [3.05, 3.63) is 78.1 Å². The maximum Gasteiger partial charge on any atom is 0.248 e. The molecule has 4 aromatic rings. The van der Waals surface area contributed by atoms with Crippen LogP contribution in [0.5, 0.6) is 11.5 Å². The van der Waals surface area contributed by atoms with Gasteiger partial charge in [0, 0.05) is 55.7 Å². The Morgan fingerprint density at radius 3 is 2.39 bits per heavy atom. The van der Waals surface area contributed by atoms with Gasteiger partial charge in [-0.25, -0.2) is 15.0 Å². The number of rotatable bonds is 7. The molecule has 9 nitrogen and oxygen atoms in total. The summed E-state index contributed by atoms with van der Waals surface area (Å²) in [4.78, 5) is 30.7. The molecule has 0 spiro atoms. The topological polar surface area (TPSA) is 92.7 Å². The molecule has 1 N–H and O–H groups in total. The van der Waals surface area contributed by atoms with E-state index in [1.54, 1.807) is 38.8 Å². The Hall–Kier alpha value is -4.66. The van der Waals surface area contributed by atoms with Gasteiger partial charge >= 0.3 is 0 Å². The van der Waals surface area contributed by atoms with Crippen molar-refractivity contribution >= 4 is 40.3 Å². The number of pyridine rings is 1. The van der Waals surface area contributed by atoms with Crippen molar-refractivity contribution in [3.63, 3.8) is 0 Å². The van der Waals surface area contributed by atoms with Crippen molar-refractivity contribution in [2.45, 2.75) is 6.92 Å². The number of hydrogen-bond donors (Lipinski definition) is 1. The monoisotopic (exact) mass is 510 g/mol. The second kappa shape index (κ2) is 11.2. The van der Waals surface area contributed by atoms with Gasteiger partial charge in [-0.05, 0) is 66.6 Å². The molecule has 0 unspecified atom stereocenters. The van der Waals surface area contributed by atoms with Crippen LogP contribution in [0.2, 0.25) is 0 Å². The second-order valence-corrected chi connectivity index (χ2v) is 8.99. The lowest BCUT2D eigenvalue weighted by Crippen LogP contribution is -2.47. The summed E-state index contributed by atoms with van der Waals surface area (Å²) in [7, 11) is 3.17. The maximum atomic E-state index is 12.6. The molecule has 1 amide bonds. The number of ether oxygens (including phenoxy) is 2. The number of nitrogens with one attached hydrogen (secondary N) is 1. The van der Waals surface area contributed by atoms with Gasteiger partial charge in [-0.2, -0.15) is 0 Å². The van der Waals surface area contributed by atoms with Gasteiger partial charge in [0.05, 0.1) is 19.7 Å². The first-order valence-electron chi connectivity index (χ1n) is 12.4. The van der Waals surface area contributed by atoms with E-state index >= 15 is 0 Å². The van der Waals surface area contributed by atoms with Gasteiger partial charge in [-0.1, -0.05) is 6.07 Å². The van der Waals surface area contributed by atoms with Crippen LogP contribution in [0.1, 0.15) is 11.1 Å². The number of methoxy groups -OCH3 is 2. The highest BCUT2D eigenvalue weighted by molar-refractivity contribution is 6.03. The zero-order valence-electron chi connectivity index (χ0n) is 21.7. The number of fused-ring (bicyclic) bond motifs is 1. The van der Waals surface area contributed by atoms with Gasteiger partial charge in [-0.3, -0.25) is 4.79 Å². The van der Waals surface area contributed by atoms with Crippen molar-refractivity contribution in [3.8, 4) is 11.5 Å². The second-order valence-electron chi connectivity index (χ2n) is 8.99. The fourth-order valence-electron chi connectivity index (χ4n) is 4.52. The number of benzene rings is 2. The highest BCUT2D eigenvalue weighted by Gasteiger charge is 2.20. The standard InChI is InChI=1S/C29H30N6O3/c1-20-17-27(34-13-15-35(16-14-34)29-30-11-4-12-31-29)33-24-8-7-22(19-23(20)24)32-28(36)10-6-21-5-9-25(37-2)26(18-21)38-3/h4-12,17-19H,13-16H2,1-3H3,(H,32,36). The first-order valence-corrected chi connectivity index (χ1v) is 12.4. The van der Waals surface area contributed by atoms with Crippen LogP contribution in [0.15, 0.2) is 67.0 Å². The van der Waals surface area contributed by atoms with Gasteiger partial charge in [0.15, 0.2) is 11.5 Å². The van der Waals surface area contributed by atoms with Crippen molar-refractivity contribution in [1.82, 2.24) is 15.0 Å². The molecule has 3 heterocycles. The van der Waals surface area contributed by atoms with E-state index in [0.29, 0.717) is 17.2 Å². The first-order chi connectivity index (χ1) is 18.5. The number of aromatic nitrogens is 3. The summed E-state index contributed by atoms with van der Waals surface area (Å²) >= 11 is 0. The number of nitrogens with zero attached hydrogens (tertiary/aromatic N) is 5. The number of carbonyl (C=O) groups excluding carboxylic acids is 1. The largest absolute Gasteiger partial charge is 0.493 e. The van der Waals surface area contributed by atoms with E-state index in [-0.39, 0.29) is 5.91 Å². The summed E-state index contributed by atoms with van der Waals surface area (Å²) < 4.78 is 10.6. The molecule has 1 aliphatic heterocycles. The van der Waals surface area contributed by atoms with Crippen molar-refractivity contribution in [1.29, 1.82) is 0 Å². The number of piperazine rings is 1. The highest BCUT2D eigenvalue weighted by Crippen LogP contribution is 2.28. The predicted octanol–water partition coefficient (Wildman–Crippen LogP) is 4.33. The van der Waals surface area contributed by atoms with E-state index in [1.165, 1.54) is 6.08 Å². The molecule has 194 valence electrons. The lowest BCUT2D eigenvalue weighted by molar-refractivity contribution is -0.111. The number of carbonyl (C=O) groups is 1. The minimum absolute atomic E-state index is 0.221. The minimum atomic E-state index is -0.221. The summed E-state index contributed by atoms with van der Waals surface area (Å²) in [5.41, 5.74) is 3.55. The zero-order valence-corrected chi connectivity index (χ0v) is 21.7. The van der Waals surface area contributed by atoms with Gasteiger partial charge in [0.25, 0.3) is 0 Å². The van der Waals surface area contributed by atoms with Crippen LogP contribution in [0.25, 0.3) is 17.0 Å². The van der Waals surface area contributed by atoms with Crippen molar-refractivity contribution < 1.29 is 14.3 Å². The Kier molecular flexibility index (Phi) is 7.35. The number of hydrogen-bond acceptors (Lipinski definition) is 8. The highest BCUT2D eigenvalue weighted by atomic mass is 16.5. The third kappa shape index (κ3) is 5.51. The van der Waals surface area contributed by atoms with Gasteiger partial charge in [0.2, 0.25) is 11.9 Å².